The molecule has 1 heterocycles. The standard InChI is InChI=1S/C10H13NO2.2C2H6/c1-4-7(2)5-9-8(3)11-10(12)6-13-9;2*1-2/h4-5H,3,6H2,1-2H3,(H,11,12);2*1-2H3/b7-4-,9-5+;;. The molecule has 17 heavy (non-hydrogen) atoms. The Morgan fingerprint density at radius 2 is 1.88 bits per heavy atom. The molecule has 1 aliphatic heterocycles. The first kappa shape index (κ1) is 17.9. The van der Waals surface area contributed by atoms with Gasteiger partial charge in [0.2, 0.25) is 0 Å². The van der Waals surface area contributed by atoms with Crippen LogP contribution in [0.1, 0.15) is 41.5 Å². The Morgan fingerprint density at radius 1 is 1.35 bits per heavy atom. The summed E-state index contributed by atoms with van der Waals surface area (Å²) in [5.41, 5.74) is 1.60. The Balaban J connectivity index is 0. The van der Waals surface area contributed by atoms with Crippen LogP contribution in [0.15, 0.2) is 35.8 Å². The highest BCUT2D eigenvalue weighted by Crippen LogP contribution is 2.13. The van der Waals surface area contributed by atoms with E-state index >= 15 is 0 Å². The van der Waals surface area contributed by atoms with Gasteiger partial charge in [0, 0.05) is 0 Å². The molecule has 1 saturated heterocycles. The quantitative estimate of drug-likeness (QED) is 0.760. The monoisotopic (exact) mass is 239 g/mol. The fourth-order valence-electron chi connectivity index (χ4n) is 0.915. The van der Waals surface area contributed by atoms with E-state index in [2.05, 4.69) is 11.9 Å². The molecule has 3 nitrogen and oxygen atoms in total. The van der Waals surface area contributed by atoms with Crippen LogP contribution in [0.2, 0.25) is 0 Å². The smallest absolute Gasteiger partial charge is 0.262 e. The van der Waals surface area contributed by atoms with Crippen molar-refractivity contribution in [1.82, 2.24) is 5.32 Å². The largest absolute Gasteiger partial charge is 0.482 e. The molecule has 0 aromatic rings. The third kappa shape index (κ3) is 7.39. The fourth-order valence-corrected chi connectivity index (χ4v) is 0.915. The molecule has 0 aliphatic carbocycles. The number of allylic oxidation sites excluding steroid dienone is 3. The molecule has 98 valence electrons. The van der Waals surface area contributed by atoms with Crippen molar-refractivity contribution in [1.29, 1.82) is 0 Å². The van der Waals surface area contributed by atoms with Crippen LogP contribution < -0.4 is 5.32 Å². The molecule has 1 N–H and O–H groups in total. The number of carbonyl (C=O) groups excluding carboxylic acids is 1. The summed E-state index contributed by atoms with van der Waals surface area (Å²) in [6, 6.07) is 0. The average molecular weight is 239 g/mol. The second-order valence-electron chi connectivity index (χ2n) is 2.86. The fraction of sp³-hybridized carbons (Fsp3) is 0.500. The molecule has 0 atom stereocenters. The zero-order valence-corrected chi connectivity index (χ0v) is 11.9. The molecular formula is C14H25NO2. The maximum absolute atomic E-state index is 10.8. The van der Waals surface area contributed by atoms with Crippen molar-refractivity contribution in [3.05, 3.63) is 35.8 Å². The summed E-state index contributed by atoms with van der Waals surface area (Å²) in [4.78, 5) is 10.8. The SMILES string of the molecule is C=C1NC(=O)CO/C1=C/C(C)=C\C.CC.CC. The highest BCUT2D eigenvalue weighted by molar-refractivity contribution is 5.81. The molecule has 0 spiro atoms. The number of carbonyl (C=O) groups is 1. The Kier molecular flexibility index (Phi) is 11.6. The van der Waals surface area contributed by atoms with Crippen LogP contribution in [0.5, 0.6) is 0 Å². The number of hydrogen-bond acceptors (Lipinski definition) is 2. The molecule has 1 rings (SSSR count). The van der Waals surface area contributed by atoms with Crippen LogP contribution in [0.4, 0.5) is 0 Å². The Labute approximate surface area is 105 Å². The second-order valence-corrected chi connectivity index (χ2v) is 2.86. The predicted octanol–water partition coefficient (Wildman–Crippen LogP) is 3.55. The maximum Gasteiger partial charge on any atom is 0.262 e. The summed E-state index contributed by atoms with van der Waals surface area (Å²) in [7, 11) is 0. The number of rotatable bonds is 1. The van der Waals surface area contributed by atoms with Crippen LogP contribution in [0, 0.1) is 0 Å². The van der Waals surface area contributed by atoms with Gasteiger partial charge < -0.3 is 10.1 Å². The van der Waals surface area contributed by atoms with Gasteiger partial charge in [-0.3, -0.25) is 4.79 Å². The lowest BCUT2D eigenvalue weighted by Crippen LogP contribution is -2.33. The Bertz CT molecular complexity index is 301. The molecule has 1 amide bonds. The van der Waals surface area contributed by atoms with Crippen LogP contribution in [0.3, 0.4) is 0 Å². The van der Waals surface area contributed by atoms with Gasteiger partial charge in [0.05, 0.1) is 5.70 Å². The van der Waals surface area contributed by atoms with Gasteiger partial charge in [-0.25, -0.2) is 0 Å². The number of amides is 1. The summed E-state index contributed by atoms with van der Waals surface area (Å²) >= 11 is 0. The average Bonchev–Trinajstić information content (AvgIpc) is 2.37. The van der Waals surface area contributed by atoms with E-state index in [0.29, 0.717) is 11.5 Å². The molecule has 0 saturated carbocycles. The molecule has 0 radical (unpaired) electrons. The molecule has 0 unspecified atom stereocenters. The summed E-state index contributed by atoms with van der Waals surface area (Å²) in [5.74, 6) is 0.482. The molecular weight excluding hydrogens is 214 g/mol. The van der Waals surface area contributed by atoms with Gasteiger partial charge in [-0.15, -0.1) is 0 Å². The number of nitrogens with one attached hydrogen (secondary N) is 1. The van der Waals surface area contributed by atoms with Crippen LogP contribution >= 0.6 is 0 Å². The summed E-state index contributed by atoms with van der Waals surface area (Å²) < 4.78 is 5.18. The number of morpholine rings is 1. The lowest BCUT2D eigenvalue weighted by Gasteiger charge is -2.19. The van der Waals surface area contributed by atoms with Crippen LogP contribution in [-0.2, 0) is 9.53 Å². The minimum absolute atomic E-state index is 0.0713. The van der Waals surface area contributed by atoms with E-state index in [1.807, 2.05) is 53.7 Å². The predicted molar refractivity (Wildman–Crippen MR) is 73.4 cm³/mol. The molecule has 3 heteroatoms. The first-order valence-corrected chi connectivity index (χ1v) is 6.10. The molecule has 0 bridgehead atoms. The van der Waals surface area contributed by atoms with Gasteiger partial charge in [-0.2, -0.15) is 0 Å². The van der Waals surface area contributed by atoms with Gasteiger partial charge in [-0.1, -0.05) is 45.9 Å². The first-order chi connectivity index (χ1) is 8.13. The summed E-state index contributed by atoms with van der Waals surface area (Å²) in [6.45, 7) is 15.7. The van der Waals surface area contributed by atoms with Gasteiger partial charge in [0.25, 0.3) is 5.91 Å². The van der Waals surface area contributed by atoms with E-state index in [4.69, 9.17) is 4.74 Å². The van der Waals surface area contributed by atoms with E-state index in [1.165, 1.54) is 0 Å². The molecule has 0 aromatic heterocycles. The van der Waals surface area contributed by atoms with Gasteiger partial charge in [0.15, 0.2) is 6.61 Å². The second kappa shape index (κ2) is 11.0. The van der Waals surface area contributed by atoms with Gasteiger partial charge in [-0.05, 0) is 19.9 Å². The zero-order valence-electron chi connectivity index (χ0n) is 11.9. The van der Waals surface area contributed by atoms with Crippen LogP contribution in [0.25, 0.3) is 0 Å². The lowest BCUT2D eigenvalue weighted by molar-refractivity contribution is -0.125. The first-order valence-electron chi connectivity index (χ1n) is 6.10. The van der Waals surface area contributed by atoms with Crippen LogP contribution in [-0.4, -0.2) is 12.5 Å². The van der Waals surface area contributed by atoms with Crippen molar-refractivity contribution >= 4 is 5.91 Å². The zero-order chi connectivity index (χ0) is 13.8. The highest BCUT2D eigenvalue weighted by atomic mass is 16.5. The third-order valence-electron chi connectivity index (χ3n) is 1.76. The Morgan fingerprint density at radius 3 is 2.29 bits per heavy atom. The Hall–Kier alpha value is -1.51. The van der Waals surface area contributed by atoms with Crippen molar-refractivity contribution in [2.45, 2.75) is 41.5 Å². The van der Waals surface area contributed by atoms with E-state index in [1.54, 1.807) is 0 Å². The summed E-state index contributed by atoms with van der Waals surface area (Å²) in [5, 5.41) is 2.60. The molecule has 1 fully saturated rings. The van der Waals surface area contributed by atoms with E-state index < -0.39 is 0 Å². The van der Waals surface area contributed by atoms with Gasteiger partial charge in [0.1, 0.15) is 5.76 Å². The van der Waals surface area contributed by atoms with Crippen molar-refractivity contribution in [2.24, 2.45) is 0 Å². The van der Waals surface area contributed by atoms with Crippen molar-refractivity contribution in [2.75, 3.05) is 6.61 Å². The molecule has 1 aliphatic rings. The molecule has 0 aromatic carbocycles. The lowest BCUT2D eigenvalue weighted by atomic mass is 10.2. The minimum atomic E-state index is -0.153. The summed E-state index contributed by atoms with van der Waals surface area (Å²) in [6.07, 6.45) is 3.81. The minimum Gasteiger partial charge on any atom is -0.482 e. The number of hydrogen-bond donors (Lipinski definition) is 1. The highest BCUT2D eigenvalue weighted by Gasteiger charge is 2.15. The van der Waals surface area contributed by atoms with E-state index in [-0.39, 0.29) is 12.5 Å². The van der Waals surface area contributed by atoms with Crippen molar-refractivity contribution in [3.8, 4) is 0 Å². The third-order valence-corrected chi connectivity index (χ3v) is 1.76. The number of ether oxygens (including phenoxy) is 1. The van der Waals surface area contributed by atoms with Crippen molar-refractivity contribution in [3.63, 3.8) is 0 Å². The van der Waals surface area contributed by atoms with Crippen molar-refractivity contribution < 1.29 is 9.53 Å². The normalized spacial score (nSPS) is 17.1. The van der Waals surface area contributed by atoms with E-state index in [9.17, 15) is 4.79 Å². The topological polar surface area (TPSA) is 38.3 Å². The maximum atomic E-state index is 10.8. The van der Waals surface area contributed by atoms with Gasteiger partial charge >= 0.3 is 0 Å². The van der Waals surface area contributed by atoms with E-state index in [0.717, 1.165) is 5.57 Å².